The molecule has 0 atom stereocenters. The Kier molecular flexibility index (Phi) is 7.91. The van der Waals surface area contributed by atoms with Gasteiger partial charge in [-0.1, -0.05) is 71.0 Å². The number of nitrogens with zero attached hydrogens (tertiary/aromatic N) is 2. The molecule has 0 heterocycles. The second kappa shape index (κ2) is 10.7. The quantitative estimate of drug-likeness (QED) is 0.400. The number of oxime groups is 2. The normalized spacial score (nSPS) is 11.8. The van der Waals surface area contributed by atoms with Crippen LogP contribution in [0.1, 0.15) is 44.2 Å². The molecule has 0 saturated heterocycles. The fourth-order valence-electron chi connectivity index (χ4n) is 2.41. The summed E-state index contributed by atoms with van der Waals surface area (Å²) in [6.45, 7) is 2.62. The summed E-state index contributed by atoms with van der Waals surface area (Å²) in [7, 11) is 0. The molecule has 0 radical (unpaired) electrons. The van der Waals surface area contributed by atoms with Crippen molar-refractivity contribution in [2.24, 2.45) is 10.3 Å². The van der Waals surface area contributed by atoms with E-state index in [1.165, 1.54) is 13.8 Å². The average molecular weight is 366 g/mol. The van der Waals surface area contributed by atoms with E-state index in [2.05, 4.69) is 10.3 Å². The van der Waals surface area contributed by atoms with Crippen molar-refractivity contribution in [3.8, 4) is 0 Å². The highest BCUT2D eigenvalue weighted by molar-refractivity contribution is 6.02. The molecule has 6 heteroatoms. The van der Waals surface area contributed by atoms with Gasteiger partial charge in [0.15, 0.2) is 0 Å². The smallest absolute Gasteiger partial charge is 0.318 e. The lowest BCUT2D eigenvalue weighted by atomic mass is 10.0. The van der Waals surface area contributed by atoms with E-state index in [1.54, 1.807) is 0 Å². The zero-order valence-corrected chi connectivity index (χ0v) is 15.4. The van der Waals surface area contributed by atoms with Crippen molar-refractivity contribution in [2.75, 3.05) is 0 Å². The molecule has 2 aromatic carbocycles. The van der Waals surface area contributed by atoms with Gasteiger partial charge in [-0.25, -0.2) is 9.59 Å². The van der Waals surface area contributed by atoms with Crippen molar-refractivity contribution in [1.29, 1.82) is 0 Å². The number of hydrogen-bond acceptors (Lipinski definition) is 6. The van der Waals surface area contributed by atoms with Gasteiger partial charge in [-0.2, -0.15) is 0 Å². The Morgan fingerprint density at radius 3 is 1.41 bits per heavy atom. The Hall–Kier alpha value is -3.28. The largest absolute Gasteiger partial charge is 0.331 e. The maximum absolute atomic E-state index is 11.1. The van der Waals surface area contributed by atoms with Gasteiger partial charge < -0.3 is 9.68 Å². The molecule has 0 aliphatic rings. The molecule has 0 N–H and O–H groups in total. The van der Waals surface area contributed by atoms with Crippen LogP contribution in [0.2, 0.25) is 0 Å². The van der Waals surface area contributed by atoms with Gasteiger partial charge in [-0.15, -0.1) is 0 Å². The first kappa shape index (κ1) is 20.0. The van der Waals surface area contributed by atoms with Crippen molar-refractivity contribution in [2.45, 2.75) is 33.1 Å². The number of carbonyl (C=O) groups excluding carboxylic acids is 2. The summed E-state index contributed by atoms with van der Waals surface area (Å²) in [4.78, 5) is 31.9. The highest BCUT2D eigenvalue weighted by Crippen LogP contribution is 2.13. The van der Waals surface area contributed by atoms with Crippen LogP contribution < -0.4 is 0 Å². The van der Waals surface area contributed by atoms with Gasteiger partial charge in [0.1, 0.15) is 0 Å². The summed E-state index contributed by atoms with van der Waals surface area (Å²) in [6.07, 6.45) is 1.83. The van der Waals surface area contributed by atoms with E-state index in [9.17, 15) is 9.59 Å². The van der Waals surface area contributed by atoms with E-state index in [1.807, 2.05) is 60.7 Å². The SMILES string of the molecule is CC(=O)ON=C(CCCC(=NOC(C)=O)c1ccccc1)c1ccccc1. The van der Waals surface area contributed by atoms with E-state index in [-0.39, 0.29) is 0 Å². The molecule has 0 aliphatic carbocycles. The summed E-state index contributed by atoms with van der Waals surface area (Å²) in [6, 6.07) is 19.1. The molecule has 0 aromatic heterocycles. The van der Waals surface area contributed by atoms with E-state index in [0.29, 0.717) is 30.7 Å². The van der Waals surface area contributed by atoms with Crippen LogP contribution in [0, 0.1) is 0 Å². The standard InChI is InChI=1S/C21H22N2O4/c1-16(24)26-22-20(18-10-5-3-6-11-18)14-9-15-21(23-27-17(2)25)19-12-7-4-8-13-19/h3-8,10-13H,9,14-15H2,1-2H3. The third-order valence-electron chi connectivity index (χ3n) is 3.61. The zero-order chi connectivity index (χ0) is 19.5. The van der Waals surface area contributed by atoms with Crippen LogP contribution in [0.3, 0.4) is 0 Å². The Morgan fingerprint density at radius 1 is 0.704 bits per heavy atom. The van der Waals surface area contributed by atoms with Gasteiger partial charge >= 0.3 is 11.9 Å². The van der Waals surface area contributed by atoms with E-state index in [4.69, 9.17) is 9.68 Å². The molecule has 0 aliphatic heterocycles. The molecular formula is C21H22N2O4. The van der Waals surface area contributed by atoms with Gasteiger partial charge in [0.25, 0.3) is 0 Å². The third-order valence-corrected chi connectivity index (χ3v) is 3.61. The number of rotatable bonds is 8. The van der Waals surface area contributed by atoms with Crippen LogP contribution in [-0.2, 0) is 19.3 Å². The molecule has 0 spiro atoms. The van der Waals surface area contributed by atoms with Gasteiger partial charge in [-0.3, -0.25) is 0 Å². The summed E-state index contributed by atoms with van der Waals surface area (Å²) in [5, 5.41) is 7.96. The maximum atomic E-state index is 11.1. The molecule has 0 amide bonds. The van der Waals surface area contributed by atoms with Gasteiger partial charge in [0, 0.05) is 13.8 Å². The van der Waals surface area contributed by atoms with Crippen molar-refractivity contribution >= 4 is 23.4 Å². The van der Waals surface area contributed by atoms with Crippen LogP contribution >= 0.6 is 0 Å². The topological polar surface area (TPSA) is 77.3 Å². The molecule has 6 nitrogen and oxygen atoms in total. The number of carbonyl (C=O) groups is 2. The van der Waals surface area contributed by atoms with Crippen LogP contribution in [0.4, 0.5) is 0 Å². The molecule has 2 rings (SSSR count). The zero-order valence-electron chi connectivity index (χ0n) is 15.4. The van der Waals surface area contributed by atoms with Crippen molar-refractivity contribution < 1.29 is 19.3 Å². The molecule has 0 saturated carbocycles. The Balaban J connectivity index is 2.10. The molecule has 0 fully saturated rings. The predicted octanol–water partition coefficient (Wildman–Crippen LogP) is 4.09. The lowest BCUT2D eigenvalue weighted by molar-refractivity contribution is -0.141. The highest BCUT2D eigenvalue weighted by Gasteiger charge is 2.09. The minimum Gasteiger partial charge on any atom is -0.318 e. The Labute approximate surface area is 158 Å². The first-order chi connectivity index (χ1) is 13.1. The van der Waals surface area contributed by atoms with Crippen LogP contribution in [0.5, 0.6) is 0 Å². The molecule has 0 bridgehead atoms. The van der Waals surface area contributed by atoms with E-state index in [0.717, 1.165) is 11.1 Å². The lowest BCUT2D eigenvalue weighted by Crippen LogP contribution is -2.08. The molecular weight excluding hydrogens is 344 g/mol. The third kappa shape index (κ3) is 7.23. The van der Waals surface area contributed by atoms with E-state index >= 15 is 0 Å². The maximum Gasteiger partial charge on any atom is 0.331 e. The fraction of sp³-hybridized carbons (Fsp3) is 0.238. The average Bonchev–Trinajstić information content (AvgIpc) is 2.68. The summed E-state index contributed by atoms with van der Waals surface area (Å²) in [5.41, 5.74) is 3.12. The molecule has 0 unspecified atom stereocenters. The second-order valence-corrected chi connectivity index (χ2v) is 5.83. The predicted molar refractivity (Wildman–Crippen MR) is 103 cm³/mol. The minimum absolute atomic E-state index is 0.468. The summed E-state index contributed by atoms with van der Waals surface area (Å²) in [5.74, 6) is -0.936. The molecule has 140 valence electrons. The van der Waals surface area contributed by atoms with Crippen molar-refractivity contribution in [3.63, 3.8) is 0 Å². The van der Waals surface area contributed by atoms with Gasteiger partial charge in [0.05, 0.1) is 11.4 Å². The van der Waals surface area contributed by atoms with E-state index < -0.39 is 11.9 Å². The van der Waals surface area contributed by atoms with Gasteiger partial charge in [0.2, 0.25) is 0 Å². The number of hydrogen-bond donors (Lipinski definition) is 0. The number of benzene rings is 2. The van der Waals surface area contributed by atoms with Crippen LogP contribution in [0.25, 0.3) is 0 Å². The van der Waals surface area contributed by atoms with Crippen molar-refractivity contribution in [3.05, 3.63) is 71.8 Å². The van der Waals surface area contributed by atoms with Gasteiger partial charge in [-0.05, 0) is 30.4 Å². The highest BCUT2D eigenvalue weighted by atomic mass is 16.7. The molecule has 27 heavy (non-hydrogen) atoms. The lowest BCUT2D eigenvalue weighted by Gasteiger charge is -2.08. The Morgan fingerprint density at radius 2 is 1.07 bits per heavy atom. The Bertz CT molecular complexity index is 745. The van der Waals surface area contributed by atoms with Crippen LogP contribution in [0.15, 0.2) is 71.0 Å². The van der Waals surface area contributed by atoms with Crippen molar-refractivity contribution in [1.82, 2.24) is 0 Å². The summed E-state index contributed by atoms with van der Waals surface area (Å²) < 4.78 is 0. The fourth-order valence-corrected chi connectivity index (χ4v) is 2.41. The molecule has 2 aromatic rings. The van der Waals surface area contributed by atoms with Crippen LogP contribution in [-0.4, -0.2) is 23.4 Å². The minimum atomic E-state index is -0.468. The first-order valence-electron chi connectivity index (χ1n) is 8.66. The second-order valence-electron chi connectivity index (χ2n) is 5.83. The summed E-state index contributed by atoms with van der Waals surface area (Å²) >= 11 is 0. The first-order valence-corrected chi connectivity index (χ1v) is 8.66. The monoisotopic (exact) mass is 366 g/mol.